The summed E-state index contributed by atoms with van der Waals surface area (Å²) < 4.78 is 9.64. The number of carbonyl (C=O) groups excluding carboxylic acids is 1. The average molecular weight is 267 g/mol. The standard InChI is InChI=1S/C11H17N5O3/c1-18-10-8(12)9(13-6-14-10)16-4-3-7(5-16)15-11(17)19-2/h6-7H,3-5,12H2,1-2H3,(H,15,17). The van der Waals surface area contributed by atoms with Crippen molar-refractivity contribution in [2.75, 3.05) is 37.9 Å². The van der Waals surface area contributed by atoms with Gasteiger partial charge in [-0.15, -0.1) is 0 Å². The van der Waals surface area contributed by atoms with Gasteiger partial charge in [0.15, 0.2) is 5.82 Å². The van der Waals surface area contributed by atoms with E-state index in [9.17, 15) is 4.79 Å². The lowest BCUT2D eigenvalue weighted by molar-refractivity contribution is 0.167. The summed E-state index contributed by atoms with van der Waals surface area (Å²) in [6.45, 7) is 1.37. The van der Waals surface area contributed by atoms with E-state index in [0.29, 0.717) is 23.9 Å². The van der Waals surface area contributed by atoms with Crippen molar-refractivity contribution in [3.8, 4) is 5.88 Å². The van der Waals surface area contributed by atoms with Crippen LogP contribution >= 0.6 is 0 Å². The summed E-state index contributed by atoms with van der Waals surface area (Å²) in [6.07, 6.45) is 1.78. The number of anilines is 2. The van der Waals surface area contributed by atoms with Gasteiger partial charge in [0, 0.05) is 13.1 Å². The van der Waals surface area contributed by atoms with Crippen LogP contribution in [-0.2, 0) is 4.74 Å². The van der Waals surface area contributed by atoms with E-state index in [1.807, 2.05) is 4.90 Å². The monoisotopic (exact) mass is 267 g/mol. The summed E-state index contributed by atoms with van der Waals surface area (Å²) in [5, 5.41) is 2.76. The third kappa shape index (κ3) is 2.78. The molecule has 0 aliphatic carbocycles. The molecule has 1 saturated heterocycles. The first-order chi connectivity index (χ1) is 9.15. The van der Waals surface area contributed by atoms with Gasteiger partial charge in [-0.1, -0.05) is 0 Å². The zero-order valence-electron chi connectivity index (χ0n) is 10.9. The third-order valence-corrected chi connectivity index (χ3v) is 3.01. The first kappa shape index (κ1) is 13.2. The van der Waals surface area contributed by atoms with Crippen molar-refractivity contribution < 1.29 is 14.3 Å². The van der Waals surface area contributed by atoms with Crippen molar-refractivity contribution in [2.24, 2.45) is 0 Å². The fraction of sp³-hybridized carbons (Fsp3) is 0.545. The highest BCUT2D eigenvalue weighted by atomic mass is 16.5. The quantitative estimate of drug-likeness (QED) is 0.794. The molecule has 0 bridgehead atoms. The van der Waals surface area contributed by atoms with E-state index in [1.165, 1.54) is 20.5 Å². The Kier molecular flexibility index (Phi) is 3.88. The largest absolute Gasteiger partial charge is 0.479 e. The number of carbonyl (C=O) groups is 1. The van der Waals surface area contributed by atoms with Gasteiger partial charge in [0.05, 0.1) is 20.3 Å². The molecule has 2 rings (SSSR count). The third-order valence-electron chi connectivity index (χ3n) is 3.01. The second-order valence-electron chi connectivity index (χ2n) is 4.19. The van der Waals surface area contributed by atoms with Crippen LogP contribution in [0.1, 0.15) is 6.42 Å². The molecule has 0 saturated carbocycles. The minimum atomic E-state index is -0.430. The van der Waals surface area contributed by atoms with Crippen LogP contribution in [0, 0.1) is 0 Å². The van der Waals surface area contributed by atoms with Crippen LogP contribution < -0.4 is 20.7 Å². The van der Waals surface area contributed by atoms with E-state index in [2.05, 4.69) is 20.0 Å². The van der Waals surface area contributed by atoms with Gasteiger partial charge >= 0.3 is 6.09 Å². The number of methoxy groups -OCH3 is 2. The van der Waals surface area contributed by atoms with Crippen molar-refractivity contribution in [2.45, 2.75) is 12.5 Å². The zero-order valence-corrected chi connectivity index (χ0v) is 10.9. The Bertz CT molecular complexity index is 468. The molecule has 1 unspecified atom stereocenters. The molecule has 1 atom stereocenters. The van der Waals surface area contributed by atoms with E-state index >= 15 is 0 Å². The van der Waals surface area contributed by atoms with Crippen LogP contribution in [0.25, 0.3) is 0 Å². The van der Waals surface area contributed by atoms with E-state index in [4.69, 9.17) is 10.5 Å². The fourth-order valence-corrected chi connectivity index (χ4v) is 2.08. The Morgan fingerprint density at radius 1 is 1.53 bits per heavy atom. The highest BCUT2D eigenvalue weighted by Gasteiger charge is 2.27. The predicted octanol–water partition coefficient (Wildman–Crippen LogP) is 0.00210. The van der Waals surface area contributed by atoms with E-state index in [-0.39, 0.29) is 6.04 Å². The second-order valence-corrected chi connectivity index (χ2v) is 4.19. The summed E-state index contributed by atoms with van der Waals surface area (Å²) in [5.74, 6) is 0.982. The molecule has 0 spiro atoms. The van der Waals surface area contributed by atoms with Crippen LogP contribution in [0.5, 0.6) is 5.88 Å². The molecule has 8 heteroatoms. The lowest BCUT2D eigenvalue weighted by Crippen LogP contribution is -2.37. The smallest absolute Gasteiger partial charge is 0.407 e. The first-order valence-electron chi connectivity index (χ1n) is 5.89. The van der Waals surface area contributed by atoms with Gasteiger partial charge in [-0.25, -0.2) is 9.78 Å². The number of ether oxygens (including phenoxy) is 2. The van der Waals surface area contributed by atoms with Crippen LogP contribution in [0.15, 0.2) is 6.33 Å². The Hall–Kier alpha value is -2.25. The van der Waals surface area contributed by atoms with Gasteiger partial charge in [-0.05, 0) is 6.42 Å². The summed E-state index contributed by atoms with van der Waals surface area (Å²) in [7, 11) is 2.85. The molecule has 2 heterocycles. The Balaban J connectivity index is 2.06. The summed E-state index contributed by atoms with van der Waals surface area (Å²) >= 11 is 0. The lowest BCUT2D eigenvalue weighted by Gasteiger charge is -2.19. The minimum absolute atomic E-state index is 0.0211. The van der Waals surface area contributed by atoms with Crippen LogP contribution in [0.4, 0.5) is 16.3 Å². The van der Waals surface area contributed by atoms with Gasteiger partial charge in [0.25, 0.3) is 0 Å². The predicted molar refractivity (Wildman–Crippen MR) is 69.2 cm³/mol. The molecule has 1 aliphatic rings. The number of hydrogen-bond acceptors (Lipinski definition) is 7. The maximum absolute atomic E-state index is 11.2. The Labute approximate surface area is 110 Å². The van der Waals surface area contributed by atoms with Crippen LogP contribution in [0.2, 0.25) is 0 Å². The average Bonchev–Trinajstić information content (AvgIpc) is 2.87. The zero-order chi connectivity index (χ0) is 13.8. The number of hydrogen-bond donors (Lipinski definition) is 2. The highest BCUT2D eigenvalue weighted by molar-refractivity contribution is 5.69. The SMILES string of the molecule is COC(=O)NC1CCN(c2ncnc(OC)c2N)C1. The van der Waals surface area contributed by atoms with E-state index < -0.39 is 6.09 Å². The van der Waals surface area contributed by atoms with Crippen molar-refractivity contribution >= 4 is 17.6 Å². The Morgan fingerprint density at radius 3 is 3.00 bits per heavy atom. The molecule has 1 aromatic heterocycles. The molecule has 0 aromatic carbocycles. The molecule has 1 aromatic rings. The minimum Gasteiger partial charge on any atom is -0.479 e. The number of amides is 1. The maximum atomic E-state index is 11.2. The van der Waals surface area contributed by atoms with Crippen molar-refractivity contribution in [1.29, 1.82) is 0 Å². The highest BCUT2D eigenvalue weighted by Crippen LogP contribution is 2.29. The molecule has 0 radical (unpaired) electrons. The molecule has 3 N–H and O–H groups in total. The summed E-state index contributed by atoms with van der Waals surface area (Å²) in [5.41, 5.74) is 6.35. The van der Waals surface area contributed by atoms with E-state index in [1.54, 1.807) is 0 Å². The van der Waals surface area contributed by atoms with Gasteiger partial charge in [0.1, 0.15) is 12.0 Å². The van der Waals surface area contributed by atoms with Crippen molar-refractivity contribution in [3.05, 3.63) is 6.33 Å². The lowest BCUT2D eigenvalue weighted by atomic mass is 10.3. The number of aromatic nitrogens is 2. The van der Waals surface area contributed by atoms with Gasteiger partial charge in [-0.3, -0.25) is 0 Å². The summed E-state index contributed by atoms with van der Waals surface area (Å²) in [4.78, 5) is 21.2. The molecule has 19 heavy (non-hydrogen) atoms. The number of nitrogens with one attached hydrogen (secondary N) is 1. The number of nitrogens with two attached hydrogens (primary N) is 1. The van der Waals surface area contributed by atoms with E-state index in [0.717, 1.165) is 13.0 Å². The van der Waals surface area contributed by atoms with Crippen LogP contribution in [0.3, 0.4) is 0 Å². The maximum Gasteiger partial charge on any atom is 0.407 e. The molecule has 104 valence electrons. The Morgan fingerprint density at radius 2 is 2.32 bits per heavy atom. The topological polar surface area (TPSA) is 103 Å². The fourth-order valence-electron chi connectivity index (χ4n) is 2.08. The van der Waals surface area contributed by atoms with Gasteiger partial charge in [-0.2, -0.15) is 4.98 Å². The number of alkyl carbamates (subject to hydrolysis) is 1. The molecular weight excluding hydrogens is 250 g/mol. The molecule has 1 amide bonds. The number of nitrogen functional groups attached to an aromatic ring is 1. The normalized spacial score (nSPS) is 18.2. The molecule has 8 nitrogen and oxygen atoms in total. The molecule has 1 aliphatic heterocycles. The number of rotatable bonds is 3. The van der Waals surface area contributed by atoms with Gasteiger partial charge < -0.3 is 25.4 Å². The van der Waals surface area contributed by atoms with Crippen molar-refractivity contribution in [3.63, 3.8) is 0 Å². The second kappa shape index (κ2) is 5.59. The van der Waals surface area contributed by atoms with Crippen LogP contribution in [-0.4, -0.2) is 49.4 Å². The summed E-state index contributed by atoms with van der Waals surface area (Å²) in [6, 6.07) is 0.0211. The molecular formula is C11H17N5O3. The van der Waals surface area contributed by atoms with Gasteiger partial charge in [0.2, 0.25) is 5.88 Å². The molecule has 1 fully saturated rings. The number of nitrogens with zero attached hydrogens (tertiary/aromatic N) is 3. The first-order valence-corrected chi connectivity index (χ1v) is 5.89. The van der Waals surface area contributed by atoms with Crippen molar-refractivity contribution in [1.82, 2.24) is 15.3 Å².